The van der Waals surface area contributed by atoms with Crippen LogP contribution in [0.1, 0.15) is 20.8 Å². The molecule has 1 aliphatic rings. The van der Waals surface area contributed by atoms with Crippen molar-refractivity contribution in [1.29, 1.82) is 0 Å². The number of ether oxygens (including phenoxy) is 4. The molecule has 3 unspecified atom stereocenters. The summed E-state index contributed by atoms with van der Waals surface area (Å²) in [6.07, 6.45) is -3.26. The van der Waals surface area contributed by atoms with Crippen LogP contribution in [0.15, 0.2) is 0 Å². The Hall–Kier alpha value is -1.18. The van der Waals surface area contributed by atoms with E-state index in [-0.39, 0.29) is 12.5 Å². The third kappa shape index (κ3) is 4.15. The Morgan fingerprint density at radius 3 is 2.37 bits per heavy atom. The highest BCUT2D eigenvalue weighted by Crippen LogP contribution is 2.28. The average molecular weight is 276 g/mol. The van der Waals surface area contributed by atoms with Crippen molar-refractivity contribution in [3.63, 3.8) is 0 Å². The van der Waals surface area contributed by atoms with Crippen LogP contribution in [0.2, 0.25) is 0 Å². The molecule has 0 aromatic heterocycles. The van der Waals surface area contributed by atoms with Crippen molar-refractivity contribution in [2.45, 2.75) is 45.4 Å². The number of hydrogen-bond donors (Lipinski definition) is 1. The minimum absolute atomic E-state index is 0.0141. The summed E-state index contributed by atoms with van der Waals surface area (Å²) in [5, 5.41) is 10.1. The van der Waals surface area contributed by atoms with Crippen LogP contribution in [-0.2, 0) is 28.5 Å². The maximum absolute atomic E-state index is 11.0. The number of esters is 2. The maximum Gasteiger partial charge on any atom is 0.303 e. The number of aliphatic hydroxyl groups is 1. The van der Waals surface area contributed by atoms with Gasteiger partial charge in [-0.2, -0.15) is 0 Å². The largest absolute Gasteiger partial charge is 0.463 e. The van der Waals surface area contributed by atoms with Gasteiger partial charge in [-0.3, -0.25) is 9.59 Å². The quantitative estimate of drug-likeness (QED) is 0.714. The first-order valence-corrected chi connectivity index (χ1v) is 6.03. The molecule has 19 heavy (non-hydrogen) atoms. The van der Waals surface area contributed by atoms with E-state index in [0.29, 0.717) is 0 Å². The van der Waals surface area contributed by atoms with E-state index in [2.05, 4.69) is 0 Å². The SMILES string of the molecule is CO[C@@H]1OC(COC(C)=O)[C@@H](C)C(O)C1OC(C)=O. The second-order valence-electron chi connectivity index (χ2n) is 4.50. The van der Waals surface area contributed by atoms with Gasteiger partial charge in [0.1, 0.15) is 18.8 Å². The van der Waals surface area contributed by atoms with Crippen LogP contribution in [0.3, 0.4) is 0 Å². The molecular formula is C12H20O7. The summed E-state index contributed by atoms with van der Waals surface area (Å²) in [4.78, 5) is 21.8. The lowest BCUT2D eigenvalue weighted by atomic mass is 9.91. The fourth-order valence-corrected chi connectivity index (χ4v) is 1.95. The van der Waals surface area contributed by atoms with Crippen molar-refractivity contribution in [2.24, 2.45) is 5.92 Å². The third-order valence-electron chi connectivity index (χ3n) is 3.02. The number of rotatable bonds is 4. The molecule has 7 nitrogen and oxygen atoms in total. The standard InChI is InChI=1S/C12H20O7/c1-6-9(5-17-7(2)13)19-12(16-4)11(10(6)15)18-8(3)14/h6,9-12,15H,5H2,1-4H3/t6-,9?,10?,11?,12-/m1/s1. The lowest BCUT2D eigenvalue weighted by molar-refractivity contribution is -0.285. The van der Waals surface area contributed by atoms with Crippen LogP contribution in [0.25, 0.3) is 0 Å². The van der Waals surface area contributed by atoms with Gasteiger partial charge in [0.05, 0.1) is 0 Å². The van der Waals surface area contributed by atoms with Crippen LogP contribution in [0.4, 0.5) is 0 Å². The Morgan fingerprint density at radius 1 is 1.26 bits per heavy atom. The molecule has 0 bridgehead atoms. The monoisotopic (exact) mass is 276 g/mol. The molecule has 1 fully saturated rings. The van der Waals surface area contributed by atoms with E-state index in [1.165, 1.54) is 21.0 Å². The smallest absolute Gasteiger partial charge is 0.303 e. The molecule has 1 aliphatic heterocycles. The summed E-state index contributed by atoms with van der Waals surface area (Å²) in [5.74, 6) is -1.32. The first kappa shape index (κ1) is 15.9. The van der Waals surface area contributed by atoms with Gasteiger partial charge in [-0.25, -0.2) is 0 Å². The van der Waals surface area contributed by atoms with Crippen molar-refractivity contribution in [3.05, 3.63) is 0 Å². The van der Waals surface area contributed by atoms with Crippen molar-refractivity contribution >= 4 is 11.9 Å². The van der Waals surface area contributed by atoms with Gasteiger partial charge < -0.3 is 24.1 Å². The third-order valence-corrected chi connectivity index (χ3v) is 3.02. The Balaban J connectivity index is 2.72. The van der Waals surface area contributed by atoms with Crippen LogP contribution < -0.4 is 0 Å². The fraction of sp³-hybridized carbons (Fsp3) is 0.833. The van der Waals surface area contributed by atoms with E-state index in [1.54, 1.807) is 6.92 Å². The second kappa shape index (κ2) is 6.83. The van der Waals surface area contributed by atoms with Crippen LogP contribution in [0, 0.1) is 5.92 Å². The molecule has 7 heteroatoms. The molecule has 1 N–H and O–H groups in total. The molecule has 5 atom stereocenters. The predicted octanol–water partition coefficient (Wildman–Crippen LogP) is -0.151. The summed E-state index contributed by atoms with van der Waals surface area (Å²) in [5.41, 5.74) is 0. The van der Waals surface area contributed by atoms with Crippen molar-refractivity contribution in [2.75, 3.05) is 13.7 Å². The molecule has 0 radical (unpaired) electrons. The first-order valence-electron chi connectivity index (χ1n) is 6.03. The van der Waals surface area contributed by atoms with Crippen molar-refractivity contribution < 1.29 is 33.6 Å². The van der Waals surface area contributed by atoms with E-state index in [1.807, 2.05) is 0 Å². The molecule has 0 amide bonds. The molecule has 1 rings (SSSR count). The van der Waals surface area contributed by atoms with Gasteiger partial charge >= 0.3 is 11.9 Å². The summed E-state index contributed by atoms with van der Waals surface area (Å²) in [7, 11) is 1.38. The molecule has 0 saturated carbocycles. The molecule has 1 heterocycles. The van der Waals surface area contributed by atoms with E-state index >= 15 is 0 Å². The van der Waals surface area contributed by atoms with Gasteiger partial charge in [0.15, 0.2) is 12.4 Å². The number of aliphatic hydroxyl groups excluding tert-OH is 1. The van der Waals surface area contributed by atoms with E-state index in [0.717, 1.165) is 0 Å². The van der Waals surface area contributed by atoms with Gasteiger partial charge in [-0.1, -0.05) is 6.92 Å². The van der Waals surface area contributed by atoms with E-state index in [4.69, 9.17) is 18.9 Å². The molecule has 0 aromatic rings. The topological polar surface area (TPSA) is 91.3 Å². The molecule has 110 valence electrons. The molecule has 0 aromatic carbocycles. The highest BCUT2D eigenvalue weighted by Gasteiger charge is 2.45. The van der Waals surface area contributed by atoms with Crippen molar-refractivity contribution in [1.82, 2.24) is 0 Å². The van der Waals surface area contributed by atoms with Crippen LogP contribution >= 0.6 is 0 Å². The highest BCUT2D eigenvalue weighted by atomic mass is 16.7. The fourth-order valence-electron chi connectivity index (χ4n) is 1.95. The number of methoxy groups -OCH3 is 1. The Morgan fingerprint density at radius 2 is 1.89 bits per heavy atom. The van der Waals surface area contributed by atoms with Gasteiger partial charge in [0.2, 0.25) is 0 Å². The lowest BCUT2D eigenvalue weighted by Crippen LogP contribution is -2.56. The van der Waals surface area contributed by atoms with Gasteiger partial charge in [0.25, 0.3) is 0 Å². The predicted molar refractivity (Wildman–Crippen MR) is 63.0 cm³/mol. The summed E-state index contributed by atoms with van der Waals surface area (Å²) < 4.78 is 20.5. The zero-order valence-electron chi connectivity index (χ0n) is 11.5. The van der Waals surface area contributed by atoms with Crippen LogP contribution in [-0.4, -0.2) is 55.4 Å². The zero-order valence-corrected chi connectivity index (χ0v) is 11.5. The highest BCUT2D eigenvalue weighted by molar-refractivity contribution is 5.66. The Bertz CT molecular complexity index is 326. The number of carbonyl (C=O) groups excluding carboxylic acids is 2. The second-order valence-corrected chi connectivity index (χ2v) is 4.50. The van der Waals surface area contributed by atoms with Gasteiger partial charge in [-0.05, 0) is 0 Å². The minimum atomic E-state index is -0.955. The Kier molecular flexibility index (Phi) is 5.71. The van der Waals surface area contributed by atoms with Gasteiger partial charge in [0, 0.05) is 26.9 Å². The molecular weight excluding hydrogens is 256 g/mol. The van der Waals surface area contributed by atoms with Crippen LogP contribution in [0.5, 0.6) is 0 Å². The first-order chi connectivity index (χ1) is 8.86. The molecule has 0 aliphatic carbocycles. The number of carbonyl (C=O) groups is 2. The zero-order chi connectivity index (χ0) is 14.6. The summed E-state index contributed by atoms with van der Waals surface area (Å²) in [6, 6.07) is 0. The van der Waals surface area contributed by atoms with E-state index in [9.17, 15) is 14.7 Å². The van der Waals surface area contributed by atoms with Gasteiger partial charge in [-0.15, -0.1) is 0 Å². The minimum Gasteiger partial charge on any atom is -0.463 e. The number of hydrogen-bond acceptors (Lipinski definition) is 7. The Labute approximate surface area is 111 Å². The normalized spacial score (nSPS) is 34.7. The summed E-state index contributed by atoms with van der Waals surface area (Å²) >= 11 is 0. The summed E-state index contributed by atoms with van der Waals surface area (Å²) in [6.45, 7) is 4.27. The average Bonchev–Trinajstić information content (AvgIpc) is 2.33. The van der Waals surface area contributed by atoms with Crippen molar-refractivity contribution in [3.8, 4) is 0 Å². The maximum atomic E-state index is 11.0. The molecule has 1 saturated heterocycles. The van der Waals surface area contributed by atoms with E-state index < -0.39 is 36.5 Å². The lowest BCUT2D eigenvalue weighted by Gasteiger charge is -2.41. The molecule has 0 spiro atoms.